The topological polar surface area (TPSA) is 111 Å². The van der Waals surface area contributed by atoms with Crippen LogP contribution >= 0.6 is 0 Å². The summed E-state index contributed by atoms with van der Waals surface area (Å²) in [6.45, 7) is 0. The van der Waals surface area contributed by atoms with Gasteiger partial charge in [-0.2, -0.15) is 0 Å². The number of rotatable bonds is 3. The number of amides is 1. The number of anilines is 2. The fourth-order valence-corrected chi connectivity index (χ4v) is 1.53. The highest BCUT2D eigenvalue weighted by atomic mass is 19.1. The second-order valence-electron chi connectivity index (χ2n) is 3.85. The van der Waals surface area contributed by atoms with Crippen molar-refractivity contribution in [2.75, 3.05) is 11.1 Å². The number of carbonyl (C=O) groups excluding carboxylic acids is 1. The Morgan fingerprint density at radius 3 is 2.70 bits per heavy atom. The molecule has 1 aromatic carbocycles. The van der Waals surface area contributed by atoms with Crippen molar-refractivity contribution in [3.8, 4) is 0 Å². The van der Waals surface area contributed by atoms with E-state index < -0.39 is 16.6 Å². The number of nitrogens with two attached hydrogens (primary N) is 1. The van der Waals surface area contributed by atoms with Gasteiger partial charge in [0.15, 0.2) is 0 Å². The molecule has 1 amide bonds. The van der Waals surface area contributed by atoms with Crippen molar-refractivity contribution in [3.63, 3.8) is 0 Å². The zero-order chi connectivity index (χ0) is 14.7. The van der Waals surface area contributed by atoms with Crippen molar-refractivity contribution in [2.45, 2.75) is 0 Å². The Bertz CT molecular complexity index is 673. The summed E-state index contributed by atoms with van der Waals surface area (Å²) in [4.78, 5) is 25.8. The normalized spacial score (nSPS) is 10.1. The summed E-state index contributed by atoms with van der Waals surface area (Å²) in [6, 6.07) is 6.01. The highest BCUT2D eigenvalue weighted by molar-refractivity contribution is 6.07. The van der Waals surface area contributed by atoms with Crippen molar-refractivity contribution in [2.24, 2.45) is 0 Å². The molecule has 102 valence electrons. The largest absolute Gasteiger partial charge is 0.399 e. The molecule has 0 aliphatic carbocycles. The summed E-state index contributed by atoms with van der Waals surface area (Å²) in [6.07, 6.45) is 0.920. The molecule has 0 unspecified atom stereocenters. The van der Waals surface area contributed by atoms with Gasteiger partial charge in [-0.15, -0.1) is 0 Å². The van der Waals surface area contributed by atoms with Gasteiger partial charge in [0, 0.05) is 11.8 Å². The number of hydrogen-bond donors (Lipinski definition) is 2. The molecular weight excluding hydrogens is 267 g/mol. The first-order valence-electron chi connectivity index (χ1n) is 5.44. The standard InChI is InChI=1S/C12H9FN4O3/c13-7-1-4-11(15-6-7)16-12(18)9-5-8(14)2-3-10(9)17(19)20/h1-6H,14H2,(H,15,16,18). The number of aromatic nitrogens is 1. The Morgan fingerprint density at radius 2 is 2.10 bits per heavy atom. The van der Waals surface area contributed by atoms with Gasteiger partial charge >= 0.3 is 0 Å². The van der Waals surface area contributed by atoms with E-state index in [1.807, 2.05) is 0 Å². The molecule has 0 atom stereocenters. The highest BCUT2D eigenvalue weighted by Crippen LogP contribution is 2.22. The summed E-state index contributed by atoms with van der Waals surface area (Å²) < 4.78 is 12.7. The quantitative estimate of drug-likeness (QED) is 0.505. The molecule has 8 heteroatoms. The van der Waals surface area contributed by atoms with Crippen molar-refractivity contribution >= 4 is 23.1 Å². The number of hydrogen-bond acceptors (Lipinski definition) is 5. The number of halogens is 1. The number of pyridine rings is 1. The second-order valence-corrected chi connectivity index (χ2v) is 3.85. The fraction of sp³-hybridized carbons (Fsp3) is 0. The van der Waals surface area contributed by atoms with E-state index in [9.17, 15) is 19.3 Å². The molecule has 20 heavy (non-hydrogen) atoms. The smallest absolute Gasteiger partial charge is 0.282 e. The minimum Gasteiger partial charge on any atom is -0.399 e. The summed E-state index contributed by atoms with van der Waals surface area (Å²) in [5, 5.41) is 13.2. The summed E-state index contributed by atoms with van der Waals surface area (Å²) in [7, 11) is 0. The number of nitrogens with zero attached hydrogens (tertiary/aromatic N) is 2. The molecule has 1 aromatic heterocycles. The molecule has 2 rings (SSSR count). The Kier molecular flexibility index (Phi) is 3.56. The van der Waals surface area contributed by atoms with Gasteiger partial charge in [-0.3, -0.25) is 14.9 Å². The van der Waals surface area contributed by atoms with Gasteiger partial charge in [0.25, 0.3) is 11.6 Å². The molecule has 0 aliphatic heterocycles. The summed E-state index contributed by atoms with van der Waals surface area (Å²) in [5.74, 6) is -1.23. The van der Waals surface area contributed by atoms with Gasteiger partial charge in [-0.25, -0.2) is 9.37 Å². The van der Waals surface area contributed by atoms with E-state index in [2.05, 4.69) is 10.3 Å². The lowest BCUT2D eigenvalue weighted by Crippen LogP contribution is -2.15. The number of nitrogens with one attached hydrogen (secondary N) is 1. The Hall–Kier alpha value is -3.03. The number of benzene rings is 1. The molecule has 2 aromatic rings. The molecule has 7 nitrogen and oxygen atoms in total. The maximum absolute atomic E-state index is 12.7. The van der Waals surface area contributed by atoms with E-state index in [-0.39, 0.29) is 22.8 Å². The molecule has 0 aliphatic rings. The average Bonchev–Trinajstić information content (AvgIpc) is 2.41. The van der Waals surface area contributed by atoms with Crippen LogP contribution in [0.4, 0.5) is 21.6 Å². The highest BCUT2D eigenvalue weighted by Gasteiger charge is 2.20. The van der Waals surface area contributed by atoms with Crippen LogP contribution in [0, 0.1) is 15.9 Å². The minimum absolute atomic E-state index is 0.0770. The van der Waals surface area contributed by atoms with Crippen LogP contribution in [0.25, 0.3) is 0 Å². The maximum atomic E-state index is 12.7. The second kappa shape index (κ2) is 5.31. The number of carbonyl (C=O) groups is 1. The Morgan fingerprint density at radius 1 is 1.35 bits per heavy atom. The third-order valence-corrected chi connectivity index (χ3v) is 2.43. The zero-order valence-corrected chi connectivity index (χ0v) is 10.0. The average molecular weight is 276 g/mol. The molecule has 3 N–H and O–H groups in total. The SMILES string of the molecule is Nc1ccc([N+](=O)[O-])c(C(=O)Nc2ccc(F)cn2)c1. The predicted molar refractivity (Wildman–Crippen MR) is 69.7 cm³/mol. The van der Waals surface area contributed by atoms with E-state index >= 15 is 0 Å². The van der Waals surface area contributed by atoms with Crippen LogP contribution in [-0.2, 0) is 0 Å². The first-order chi connectivity index (χ1) is 9.47. The molecular formula is C12H9FN4O3. The molecule has 0 fully saturated rings. The molecule has 1 heterocycles. The lowest BCUT2D eigenvalue weighted by Gasteiger charge is -2.05. The fourth-order valence-electron chi connectivity index (χ4n) is 1.53. The van der Waals surface area contributed by atoms with Crippen molar-refractivity contribution in [1.82, 2.24) is 4.98 Å². The molecule has 0 saturated heterocycles. The van der Waals surface area contributed by atoms with E-state index in [0.717, 1.165) is 18.3 Å². The lowest BCUT2D eigenvalue weighted by molar-refractivity contribution is -0.385. The van der Waals surface area contributed by atoms with E-state index in [1.54, 1.807) is 0 Å². The van der Waals surface area contributed by atoms with Gasteiger partial charge in [0.05, 0.1) is 11.1 Å². The zero-order valence-electron chi connectivity index (χ0n) is 10.0. The number of nitro benzene ring substituents is 1. The lowest BCUT2D eigenvalue weighted by atomic mass is 10.1. The van der Waals surface area contributed by atoms with Crippen molar-refractivity contribution in [1.29, 1.82) is 0 Å². The molecule has 0 spiro atoms. The first kappa shape index (κ1) is 13.4. The van der Waals surface area contributed by atoms with Crippen LogP contribution < -0.4 is 11.1 Å². The van der Waals surface area contributed by atoms with Gasteiger partial charge < -0.3 is 11.1 Å². The van der Waals surface area contributed by atoms with Crippen LogP contribution in [0.5, 0.6) is 0 Å². The molecule has 0 saturated carbocycles. The van der Waals surface area contributed by atoms with Crippen LogP contribution in [0.15, 0.2) is 36.5 Å². The van der Waals surface area contributed by atoms with Crippen molar-refractivity contribution in [3.05, 3.63) is 58.0 Å². The van der Waals surface area contributed by atoms with Gasteiger partial charge in [0.2, 0.25) is 0 Å². The maximum Gasteiger partial charge on any atom is 0.282 e. The summed E-state index contributed by atoms with van der Waals surface area (Å²) >= 11 is 0. The molecule has 0 bridgehead atoms. The van der Waals surface area contributed by atoms with E-state index in [1.165, 1.54) is 18.2 Å². The van der Waals surface area contributed by atoms with Crippen molar-refractivity contribution < 1.29 is 14.1 Å². The minimum atomic E-state index is -0.747. The van der Waals surface area contributed by atoms with Gasteiger partial charge in [-0.1, -0.05) is 0 Å². The number of nitrogen functional groups attached to an aromatic ring is 1. The third-order valence-electron chi connectivity index (χ3n) is 2.43. The monoisotopic (exact) mass is 276 g/mol. The number of nitro groups is 1. The molecule has 0 radical (unpaired) electrons. The first-order valence-corrected chi connectivity index (χ1v) is 5.44. The van der Waals surface area contributed by atoms with E-state index in [0.29, 0.717) is 0 Å². The van der Waals surface area contributed by atoms with Crippen LogP contribution in [-0.4, -0.2) is 15.8 Å². The van der Waals surface area contributed by atoms with Crippen LogP contribution in [0.2, 0.25) is 0 Å². The van der Waals surface area contributed by atoms with Gasteiger partial charge in [-0.05, 0) is 24.3 Å². The van der Waals surface area contributed by atoms with Crippen LogP contribution in [0.3, 0.4) is 0 Å². The van der Waals surface area contributed by atoms with Crippen LogP contribution in [0.1, 0.15) is 10.4 Å². The summed E-state index contributed by atoms with van der Waals surface area (Å²) in [5.41, 5.74) is 5.16. The Balaban J connectivity index is 2.31. The third kappa shape index (κ3) is 2.86. The Labute approximate surface area is 112 Å². The van der Waals surface area contributed by atoms with E-state index in [4.69, 9.17) is 5.73 Å². The predicted octanol–water partition coefficient (Wildman–Crippen LogP) is 1.96. The van der Waals surface area contributed by atoms with Gasteiger partial charge in [0.1, 0.15) is 17.2 Å².